The molecule has 0 N–H and O–H groups in total. The Labute approximate surface area is 99.0 Å². The first kappa shape index (κ1) is 12.1. The van der Waals surface area contributed by atoms with E-state index in [0.29, 0.717) is 17.3 Å². The van der Waals surface area contributed by atoms with Crippen LogP contribution in [0.5, 0.6) is 0 Å². The van der Waals surface area contributed by atoms with E-state index in [1.165, 1.54) is 19.3 Å². The zero-order chi connectivity index (χ0) is 11.6. The number of hydrogen-bond acceptors (Lipinski definition) is 2. The largest absolute Gasteiger partial charge is 0.353 e. The van der Waals surface area contributed by atoms with E-state index in [2.05, 4.69) is 26.5 Å². The smallest absolute Gasteiger partial charge is 0.157 e. The van der Waals surface area contributed by atoms with Gasteiger partial charge in [-0.1, -0.05) is 19.9 Å². The van der Waals surface area contributed by atoms with Crippen LogP contribution < -0.4 is 0 Å². The first-order valence-corrected chi connectivity index (χ1v) is 6.50. The van der Waals surface area contributed by atoms with Crippen LogP contribution in [-0.4, -0.2) is 19.5 Å². The third kappa shape index (κ3) is 2.33. The Morgan fingerprint density at radius 3 is 2.81 bits per heavy atom. The molecule has 0 aromatic heterocycles. The number of allylic oxidation sites excluding steroid dienone is 1. The molecule has 1 aliphatic carbocycles. The van der Waals surface area contributed by atoms with E-state index in [0.717, 1.165) is 19.6 Å². The fraction of sp³-hybridized carbons (Fsp3) is 0.857. The van der Waals surface area contributed by atoms with E-state index in [9.17, 15) is 0 Å². The van der Waals surface area contributed by atoms with E-state index in [1.54, 1.807) is 0 Å². The van der Waals surface area contributed by atoms with Gasteiger partial charge in [-0.15, -0.1) is 6.58 Å². The molecule has 0 radical (unpaired) electrons. The van der Waals surface area contributed by atoms with Crippen molar-refractivity contribution in [3.8, 4) is 0 Å². The third-order valence-electron chi connectivity index (χ3n) is 4.45. The van der Waals surface area contributed by atoms with Crippen LogP contribution in [0.2, 0.25) is 0 Å². The lowest BCUT2D eigenvalue weighted by Crippen LogP contribution is -2.46. The van der Waals surface area contributed by atoms with Gasteiger partial charge in [-0.25, -0.2) is 0 Å². The van der Waals surface area contributed by atoms with Crippen LogP contribution in [0, 0.1) is 17.3 Å². The summed E-state index contributed by atoms with van der Waals surface area (Å²) in [7, 11) is 0. The van der Waals surface area contributed by atoms with E-state index < -0.39 is 0 Å². The molecule has 0 aromatic rings. The molecule has 0 spiro atoms. The lowest BCUT2D eigenvalue weighted by Gasteiger charge is -2.51. The van der Waals surface area contributed by atoms with Gasteiger partial charge in [0.2, 0.25) is 0 Å². The van der Waals surface area contributed by atoms with Crippen LogP contribution in [-0.2, 0) is 9.47 Å². The normalized spacial score (nSPS) is 37.8. The highest BCUT2D eigenvalue weighted by Crippen LogP contribution is 2.51. The minimum atomic E-state index is 0.0623. The zero-order valence-corrected chi connectivity index (χ0v) is 10.6. The highest BCUT2D eigenvalue weighted by atomic mass is 16.7. The van der Waals surface area contributed by atoms with Crippen molar-refractivity contribution in [3.63, 3.8) is 0 Å². The molecule has 1 saturated carbocycles. The SMILES string of the molecule is C=CC1CC(COC2CCCCO2)C1(C)C. The van der Waals surface area contributed by atoms with Crippen molar-refractivity contribution in [1.29, 1.82) is 0 Å². The van der Waals surface area contributed by atoms with Crippen LogP contribution in [0.4, 0.5) is 0 Å². The molecular formula is C14H24O2. The maximum atomic E-state index is 5.86. The average Bonchev–Trinajstić information content (AvgIpc) is 2.29. The lowest BCUT2D eigenvalue weighted by molar-refractivity contribution is -0.187. The predicted molar refractivity (Wildman–Crippen MR) is 65.1 cm³/mol. The van der Waals surface area contributed by atoms with Gasteiger partial charge in [-0.05, 0) is 42.9 Å². The van der Waals surface area contributed by atoms with Crippen LogP contribution in [0.25, 0.3) is 0 Å². The van der Waals surface area contributed by atoms with Crippen molar-refractivity contribution in [2.45, 2.75) is 45.8 Å². The molecule has 1 saturated heterocycles. The molecule has 2 aliphatic rings. The average molecular weight is 224 g/mol. The van der Waals surface area contributed by atoms with Crippen molar-refractivity contribution >= 4 is 0 Å². The maximum Gasteiger partial charge on any atom is 0.157 e. The quantitative estimate of drug-likeness (QED) is 0.682. The second-order valence-electron chi connectivity index (χ2n) is 5.73. The van der Waals surface area contributed by atoms with Crippen LogP contribution in [0.15, 0.2) is 12.7 Å². The summed E-state index contributed by atoms with van der Waals surface area (Å²) in [5.41, 5.74) is 0.358. The van der Waals surface area contributed by atoms with Gasteiger partial charge in [-0.2, -0.15) is 0 Å². The first-order chi connectivity index (χ1) is 7.64. The molecular weight excluding hydrogens is 200 g/mol. The van der Waals surface area contributed by atoms with Crippen LogP contribution >= 0.6 is 0 Å². The molecule has 92 valence electrons. The molecule has 0 amide bonds. The van der Waals surface area contributed by atoms with E-state index in [4.69, 9.17) is 9.47 Å². The minimum absolute atomic E-state index is 0.0623. The van der Waals surface area contributed by atoms with Gasteiger partial charge in [0.25, 0.3) is 0 Å². The summed E-state index contributed by atoms with van der Waals surface area (Å²) in [6.45, 7) is 10.3. The topological polar surface area (TPSA) is 18.5 Å². The molecule has 16 heavy (non-hydrogen) atoms. The molecule has 2 nitrogen and oxygen atoms in total. The Morgan fingerprint density at radius 1 is 1.44 bits per heavy atom. The summed E-state index contributed by atoms with van der Waals surface area (Å²) in [5.74, 6) is 1.33. The Balaban J connectivity index is 1.73. The van der Waals surface area contributed by atoms with Crippen molar-refractivity contribution in [3.05, 3.63) is 12.7 Å². The summed E-state index contributed by atoms with van der Waals surface area (Å²) < 4.78 is 11.4. The maximum absolute atomic E-state index is 5.86. The van der Waals surface area contributed by atoms with Gasteiger partial charge in [0.1, 0.15) is 0 Å². The van der Waals surface area contributed by atoms with Gasteiger partial charge >= 0.3 is 0 Å². The first-order valence-electron chi connectivity index (χ1n) is 6.50. The molecule has 3 atom stereocenters. The Hall–Kier alpha value is -0.340. The summed E-state index contributed by atoms with van der Waals surface area (Å²) in [6.07, 6.45) is 6.88. The van der Waals surface area contributed by atoms with E-state index in [-0.39, 0.29) is 6.29 Å². The summed E-state index contributed by atoms with van der Waals surface area (Å²) in [4.78, 5) is 0. The highest BCUT2D eigenvalue weighted by molar-refractivity contribution is 5.03. The third-order valence-corrected chi connectivity index (χ3v) is 4.45. The Morgan fingerprint density at radius 2 is 2.25 bits per heavy atom. The van der Waals surface area contributed by atoms with Gasteiger partial charge in [0.05, 0.1) is 6.61 Å². The summed E-state index contributed by atoms with van der Waals surface area (Å²) in [5, 5.41) is 0. The van der Waals surface area contributed by atoms with E-state index in [1.807, 2.05) is 0 Å². The van der Waals surface area contributed by atoms with E-state index >= 15 is 0 Å². The number of rotatable bonds is 4. The number of ether oxygens (including phenoxy) is 2. The number of hydrogen-bond donors (Lipinski definition) is 0. The van der Waals surface area contributed by atoms with Crippen molar-refractivity contribution in [2.75, 3.05) is 13.2 Å². The fourth-order valence-corrected chi connectivity index (χ4v) is 2.81. The molecule has 2 rings (SSSR count). The molecule has 2 fully saturated rings. The predicted octanol–water partition coefficient (Wildman–Crippen LogP) is 3.38. The minimum Gasteiger partial charge on any atom is -0.353 e. The van der Waals surface area contributed by atoms with Crippen LogP contribution in [0.3, 0.4) is 0 Å². The summed E-state index contributed by atoms with van der Waals surface area (Å²) in [6, 6.07) is 0. The standard InChI is InChI=1S/C14H24O2/c1-4-11-9-12(14(11,2)3)10-16-13-7-5-6-8-15-13/h4,11-13H,1,5-10H2,2-3H3. The fourth-order valence-electron chi connectivity index (χ4n) is 2.81. The van der Waals surface area contributed by atoms with Gasteiger partial charge in [0.15, 0.2) is 6.29 Å². The molecule has 0 bridgehead atoms. The summed E-state index contributed by atoms with van der Waals surface area (Å²) >= 11 is 0. The monoisotopic (exact) mass is 224 g/mol. The Bertz CT molecular complexity index is 241. The van der Waals surface area contributed by atoms with Gasteiger partial charge in [-0.3, -0.25) is 0 Å². The second kappa shape index (κ2) is 4.89. The van der Waals surface area contributed by atoms with Crippen molar-refractivity contribution < 1.29 is 9.47 Å². The molecule has 1 heterocycles. The second-order valence-corrected chi connectivity index (χ2v) is 5.73. The molecule has 2 heteroatoms. The molecule has 1 aliphatic heterocycles. The lowest BCUT2D eigenvalue weighted by atomic mass is 9.55. The van der Waals surface area contributed by atoms with Crippen LogP contribution in [0.1, 0.15) is 39.5 Å². The zero-order valence-electron chi connectivity index (χ0n) is 10.6. The Kier molecular flexibility index (Phi) is 3.70. The highest BCUT2D eigenvalue weighted by Gasteiger charge is 2.46. The van der Waals surface area contributed by atoms with Crippen molar-refractivity contribution in [1.82, 2.24) is 0 Å². The molecule has 0 aromatic carbocycles. The van der Waals surface area contributed by atoms with Gasteiger partial charge < -0.3 is 9.47 Å². The van der Waals surface area contributed by atoms with Gasteiger partial charge in [0, 0.05) is 6.61 Å². The van der Waals surface area contributed by atoms with Crippen molar-refractivity contribution in [2.24, 2.45) is 17.3 Å². The molecule has 3 unspecified atom stereocenters.